The van der Waals surface area contributed by atoms with Crippen molar-refractivity contribution in [3.8, 4) is 0 Å². The molecule has 0 bridgehead atoms. The molecule has 0 rings (SSSR count). The van der Waals surface area contributed by atoms with E-state index in [9.17, 15) is 13.0 Å². The number of hydrogen-bond acceptors (Lipinski definition) is 4. The molecule has 0 saturated heterocycles. The molecule has 0 heterocycles. The second-order valence-electron chi connectivity index (χ2n) is 0.993. The van der Waals surface area contributed by atoms with Crippen molar-refractivity contribution < 1.29 is 31.3 Å². The molecular formula is H7Ca2O7PS. The molecule has 0 aliphatic heterocycles. The van der Waals surface area contributed by atoms with Crippen molar-refractivity contribution >= 4 is 93.7 Å². The number of phosphoric acid groups is 1. The van der Waals surface area contributed by atoms with Crippen LogP contribution in [0.1, 0.15) is 0 Å². The fraction of sp³-hybridized carbons (Fsp3) is 0. The molecule has 11 heteroatoms. The van der Waals surface area contributed by atoms with Gasteiger partial charge in [-0.3, -0.25) is 4.55 Å². The summed E-state index contributed by atoms with van der Waals surface area (Å²) in [5, 5.41) is 0. The van der Waals surface area contributed by atoms with Crippen LogP contribution in [0, 0.1) is 0 Å². The molecule has 0 aliphatic rings. The fourth-order valence-electron chi connectivity index (χ4n) is 0.123. The minimum atomic E-state index is -5.13. The van der Waals surface area contributed by atoms with E-state index in [1.807, 2.05) is 0 Å². The van der Waals surface area contributed by atoms with Gasteiger partial charge < -0.3 is 9.79 Å². The zero-order valence-corrected chi connectivity index (χ0v) is 5.54. The van der Waals surface area contributed by atoms with Crippen LogP contribution in [0.4, 0.5) is 0 Å². The molecule has 0 amide bonds. The van der Waals surface area contributed by atoms with E-state index < -0.39 is 18.2 Å². The van der Waals surface area contributed by atoms with Gasteiger partial charge in [-0.15, -0.1) is 3.97 Å². The number of hydrogen-bond donors (Lipinski definition) is 3. The Morgan fingerprint density at radius 1 is 1.18 bits per heavy atom. The van der Waals surface area contributed by atoms with Gasteiger partial charge in [-0.2, -0.15) is 8.42 Å². The first-order chi connectivity index (χ1) is 3.71. The molecule has 7 nitrogen and oxygen atoms in total. The molecular weight excluding hydrogens is 255 g/mol. The summed E-state index contributed by atoms with van der Waals surface area (Å²) < 4.78 is 39.0. The SMILES string of the molecule is O=P(O)(O)OS(=O)(=O)O.[CaH2].[CaH2]. The molecule has 0 aromatic rings. The Kier molecular flexibility index (Phi) is 12.0. The van der Waals surface area contributed by atoms with E-state index in [0.717, 1.165) is 0 Å². The van der Waals surface area contributed by atoms with Gasteiger partial charge in [-0.05, 0) is 0 Å². The first-order valence-electron chi connectivity index (χ1n) is 1.45. The Balaban J connectivity index is -0.000000320. The van der Waals surface area contributed by atoms with Crippen molar-refractivity contribution in [2.24, 2.45) is 0 Å². The summed E-state index contributed by atoms with van der Waals surface area (Å²) >= 11 is 0. The number of rotatable bonds is 2. The molecule has 11 heavy (non-hydrogen) atoms. The Hall–Kier alpha value is 2.54. The van der Waals surface area contributed by atoms with E-state index in [1.165, 1.54) is 0 Å². The second-order valence-corrected chi connectivity index (χ2v) is 3.43. The first kappa shape index (κ1) is 19.2. The molecule has 0 atom stereocenters. The van der Waals surface area contributed by atoms with Gasteiger partial charge in [0.1, 0.15) is 0 Å². The van der Waals surface area contributed by atoms with Gasteiger partial charge in [0.2, 0.25) is 0 Å². The maximum absolute atomic E-state index is 9.58. The molecule has 0 saturated carbocycles. The van der Waals surface area contributed by atoms with Crippen molar-refractivity contribution in [1.29, 1.82) is 0 Å². The quantitative estimate of drug-likeness (QED) is 0.276. The van der Waals surface area contributed by atoms with Gasteiger partial charge in [0, 0.05) is 0 Å². The summed E-state index contributed by atoms with van der Waals surface area (Å²) in [7, 11) is -10.2. The van der Waals surface area contributed by atoms with Crippen molar-refractivity contribution in [3.63, 3.8) is 0 Å². The van der Waals surface area contributed by atoms with E-state index in [-0.39, 0.29) is 75.5 Å². The monoisotopic (exact) mass is 262 g/mol. The Bertz CT molecular complexity index is 223. The van der Waals surface area contributed by atoms with E-state index in [2.05, 4.69) is 3.97 Å². The molecule has 0 unspecified atom stereocenters. The third-order valence-corrected chi connectivity index (χ3v) is 1.72. The van der Waals surface area contributed by atoms with E-state index >= 15 is 0 Å². The van der Waals surface area contributed by atoms with Crippen LogP contribution in [0.5, 0.6) is 0 Å². The summed E-state index contributed by atoms with van der Waals surface area (Å²) in [5.74, 6) is 0. The average Bonchev–Trinajstić information content (AvgIpc) is 1.14. The Labute approximate surface area is 123 Å². The van der Waals surface area contributed by atoms with Crippen LogP contribution in [0.3, 0.4) is 0 Å². The fourth-order valence-corrected chi connectivity index (χ4v) is 1.10. The Morgan fingerprint density at radius 3 is 1.45 bits per heavy atom. The summed E-state index contributed by atoms with van der Waals surface area (Å²) in [6, 6.07) is 0. The van der Waals surface area contributed by atoms with Crippen molar-refractivity contribution in [2.75, 3.05) is 0 Å². The zero-order chi connectivity index (χ0) is 7.71. The molecule has 64 valence electrons. The third-order valence-electron chi connectivity index (χ3n) is 0.191. The van der Waals surface area contributed by atoms with E-state index in [0.29, 0.717) is 0 Å². The Morgan fingerprint density at radius 2 is 1.45 bits per heavy atom. The predicted octanol–water partition coefficient (Wildman–Crippen LogP) is -2.93. The summed E-state index contributed by atoms with van der Waals surface area (Å²) in [4.78, 5) is 15.4. The predicted molar refractivity (Wildman–Crippen MR) is 41.8 cm³/mol. The topological polar surface area (TPSA) is 121 Å². The maximum atomic E-state index is 9.58. The molecule has 0 radical (unpaired) electrons. The van der Waals surface area contributed by atoms with Crippen LogP contribution in [0.25, 0.3) is 0 Å². The normalized spacial score (nSPS) is 11.2. The van der Waals surface area contributed by atoms with Gasteiger partial charge in [0.25, 0.3) is 0 Å². The minimum absolute atomic E-state index is 0. The summed E-state index contributed by atoms with van der Waals surface area (Å²) in [5.41, 5.74) is 0. The first-order valence-corrected chi connectivity index (χ1v) is 4.34. The van der Waals surface area contributed by atoms with Crippen LogP contribution in [0.2, 0.25) is 0 Å². The van der Waals surface area contributed by atoms with Gasteiger partial charge in [0.15, 0.2) is 0 Å². The van der Waals surface area contributed by atoms with E-state index in [4.69, 9.17) is 14.3 Å². The van der Waals surface area contributed by atoms with E-state index in [1.54, 1.807) is 0 Å². The summed E-state index contributed by atoms with van der Waals surface area (Å²) in [6.07, 6.45) is 0. The second kappa shape index (κ2) is 6.91. The molecule has 3 N–H and O–H groups in total. The van der Waals surface area contributed by atoms with Gasteiger partial charge >= 0.3 is 93.7 Å². The molecule has 0 aromatic heterocycles. The van der Waals surface area contributed by atoms with Crippen LogP contribution in [-0.2, 0) is 18.9 Å². The molecule has 0 spiro atoms. The molecule has 0 aliphatic carbocycles. The third kappa shape index (κ3) is 19.1. The van der Waals surface area contributed by atoms with Crippen LogP contribution in [0.15, 0.2) is 0 Å². The van der Waals surface area contributed by atoms with Crippen LogP contribution in [-0.4, -0.2) is 98.2 Å². The van der Waals surface area contributed by atoms with Crippen molar-refractivity contribution in [1.82, 2.24) is 0 Å². The van der Waals surface area contributed by atoms with Gasteiger partial charge in [-0.1, -0.05) is 0 Å². The standard InChI is InChI=1S/2Ca.H3O7PS.4H/c;;1-8(2,3)7-9(4,5)6;;;;/h;;(H2,1,2,3)(H,4,5,6);;;;. The average molecular weight is 262 g/mol. The molecule has 0 fully saturated rings. The summed E-state index contributed by atoms with van der Waals surface area (Å²) in [6.45, 7) is 0. The zero-order valence-electron chi connectivity index (χ0n) is 3.83. The van der Waals surface area contributed by atoms with Crippen LogP contribution < -0.4 is 0 Å². The van der Waals surface area contributed by atoms with Crippen molar-refractivity contribution in [2.45, 2.75) is 0 Å². The van der Waals surface area contributed by atoms with Crippen molar-refractivity contribution in [3.05, 3.63) is 0 Å². The van der Waals surface area contributed by atoms with Gasteiger partial charge in [-0.25, -0.2) is 4.57 Å². The van der Waals surface area contributed by atoms with Crippen LogP contribution >= 0.6 is 7.82 Å². The van der Waals surface area contributed by atoms with Gasteiger partial charge in [0.05, 0.1) is 0 Å². The molecule has 0 aromatic carbocycles.